The number of nitrogens with one attached hydrogen (secondary N) is 1. The lowest BCUT2D eigenvalue weighted by atomic mass is 9.90. The molecule has 1 spiro atoms. The number of halogens is 3. The van der Waals surface area contributed by atoms with E-state index in [1.165, 1.54) is 5.01 Å². The van der Waals surface area contributed by atoms with Crippen LogP contribution in [-0.2, 0) is 20.9 Å². The molecule has 7 nitrogen and oxygen atoms in total. The van der Waals surface area contributed by atoms with Crippen molar-refractivity contribution in [3.63, 3.8) is 0 Å². The lowest BCUT2D eigenvalue weighted by Crippen LogP contribution is -2.57. The number of hydrogen-bond acceptors (Lipinski definition) is 6. The Morgan fingerprint density at radius 1 is 1.44 bits per heavy atom. The number of morpholine rings is 1. The summed E-state index contributed by atoms with van der Waals surface area (Å²) in [4.78, 5) is 26.7. The van der Waals surface area contributed by atoms with Crippen LogP contribution in [0.25, 0.3) is 0 Å². The van der Waals surface area contributed by atoms with Crippen LogP contribution in [0, 0.1) is 0 Å². The summed E-state index contributed by atoms with van der Waals surface area (Å²) in [5.41, 5.74) is -0.118. The van der Waals surface area contributed by atoms with Gasteiger partial charge in [0.1, 0.15) is 11.6 Å². The number of amides is 1. The van der Waals surface area contributed by atoms with E-state index in [-0.39, 0.29) is 18.1 Å². The van der Waals surface area contributed by atoms with Crippen molar-refractivity contribution in [2.24, 2.45) is 0 Å². The smallest absolute Gasteiger partial charge is 0.475 e. The maximum Gasteiger partial charge on any atom is 0.490 e. The molecule has 0 saturated carbocycles. The molecule has 3 heterocycles. The van der Waals surface area contributed by atoms with Crippen molar-refractivity contribution in [1.82, 2.24) is 15.2 Å². The third-order valence-electron chi connectivity index (χ3n) is 3.97. The van der Waals surface area contributed by atoms with Crippen molar-refractivity contribution in [2.75, 3.05) is 26.2 Å². The van der Waals surface area contributed by atoms with E-state index >= 15 is 0 Å². The van der Waals surface area contributed by atoms with Crippen LogP contribution in [0.1, 0.15) is 17.8 Å². The highest BCUT2D eigenvalue weighted by Crippen LogP contribution is 2.28. The Morgan fingerprint density at radius 2 is 2.08 bits per heavy atom. The summed E-state index contributed by atoms with van der Waals surface area (Å²) in [5, 5.41) is 13.2. The van der Waals surface area contributed by atoms with E-state index in [4.69, 9.17) is 14.6 Å². The molecule has 0 atom stereocenters. The van der Waals surface area contributed by atoms with Gasteiger partial charge < -0.3 is 15.2 Å². The van der Waals surface area contributed by atoms with Gasteiger partial charge in [0.15, 0.2) is 0 Å². The number of hydrogen-bond donors (Lipinski definition) is 2. The molecule has 2 N–H and O–H groups in total. The minimum atomic E-state index is -5.08. The van der Waals surface area contributed by atoms with Crippen LogP contribution >= 0.6 is 11.3 Å². The standard InChI is InChI=1S/C12H17N3O2S.C2HF3O2/c16-10-8-17-12(9-14-10)1-4-15(5-2-12)7-11-13-3-6-18-11;3-2(4,5)1(6)7/h3,6H,1-2,4-5,7-9H2,(H,14,16);(H,6,7). The molecule has 25 heavy (non-hydrogen) atoms. The summed E-state index contributed by atoms with van der Waals surface area (Å²) >= 11 is 1.70. The Morgan fingerprint density at radius 3 is 2.52 bits per heavy atom. The van der Waals surface area contributed by atoms with Crippen LogP contribution in [0.3, 0.4) is 0 Å². The van der Waals surface area contributed by atoms with Gasteiger partial charge in [0, 0.05) is 31.2 Å². The summed E-state index contributed by atoms with van der Waals surface area (Å²) < 4.78 is 37.5. The van der Waals surface area contributed by atoms with Crippen LogP contribution < -0.4 is 5.32 Å². The van der Waals surface area contributed by atoms with E-state index in [0.29, 0.717) is 6.54 Å². The Balaban J connectivity index is 0.000000277. The summed E-state index contributed by atoms with van der Waals surface area (Å²) in [6.07, 6.45) is -1.26. The van der Waals surface area contributed by atoms with E-state index in [9.17, 15) is 18.0 Å². The van der Waals surface area contributed by atoms with Crippen molar-refractivity contribution in [3.05, 3.63) is 16.6 Å². The van der Waals surface area contributed by atoms with Gasteiger partial charge in [-0.15, -0.1) is 11.3 Å². The van der Waals surface area contributed by atoms with Gasteiger partial charge in [0.2, 0.25) is 5.91 Å². The first-order valence-electron chi connectivity index (χ1n) is 7.52. The number of likely N-dealkylation sites (tertiary alicyclic amines) is 1. The molecular weight excluding hydrogens is 363 g/mol. The normalized spacial score (nSPS) is 20.5. The molecule has 2 fully saturated rings. The minimum Gasteiger partial charge on any atom is -0.475 e. The fourth-order valence-electron chi connectivity index (χ4n) is 2.54. The van der Waals surface area contributed by atoms with Crippen molar-refractivity contribution >= 4 is 23.2 Å². The number of carboxylic acids is 1. The number of carboxylic acid groups (broad SMARTS) is 1. The highest BCUT2D eigenvalue weighted by atomic mass is 32.1. The summed E-state index contributed by atoms with van der Waals surface area (Å²) in [7, 11) is 0. The van der Waals surface area contributed by atoms with Gasteiger partial charge in [0.05, 0.1) is 12.1 Å². The lowest BCUT2D eigenvalue weighted by molar-refractivity contribution is -0.192. The molecule has 140 valence electrons. The summed E-state index contributed by atoms with van der Waals surface area (Å²) in [6, 6.07) is 0. The van der Waals surface area contributed by atoms with Gasteiger partial charge >= 0.3 is 12.1 Å². The third-order valence-corrected chi connectivity index (χ3v) is 4.73. The van der Waals surface area contributed by atoms with Crippen molar-refractivity contribution in [3.8, 4) is 0 Å². The molecule has 11 heteroatoms. The number of ether oxygens (including phenoxy) is 1. The van der Waals surface area contributed by atoms with Gasteiger partial charge in [-0.05, 0) is 12.8 Å². The zero-order valence-electron chi connectivity index (χ0n) is 13.2. The predicted octanol–water partition coefficient (Wildman–Crippen LogP) is 1.26. The average molecular weight is 381 g/mol. The molecule has 1 aromatic heterocycles. The zero-order valence-corrected chi connectivity index (χ0v) is 14.0. The second-order valence-electron chi connectivity index (χ2n) is 5.75. The Labute approximate surface area is 145 Å². The fraction of sp³-hybridized carbons (Fsp3) is 0.643. The third kappa shape index (κ3) is 5.94. The highest BCUT2D eigenvalue weighted by molar-refractivity contribution is 7.09. The Hall–Kier alpha value is -1.72. The van der Waals surface area contributed by atoms with E-state index < -0.39 is 12.1 Å². The minimum absolute atomic E-state index is 0.00541. The fourth-order valence-corrected chi connectivity index (χ4v) is 3.20. The van der Waals surface area contributed by atoms with Gasteiger partial charge in [0.25, 0.3) is 0 Å². The molecular formula is C14H18F3N3O4S. The topological polar surface area (TPSA) is 91.8 Å². The van der Waals surface area contributed by atoms with Crippen molar-refractivity contribution < 1.29 is 32.6 Å². The summed E-state index contributed by atoms with van der Waals surface area (Å²) in [6.45, 7) is 3.83. The summed E-state index contributed by atoms with van der Waals surface area (Å²) in [5.74, 6) is -2.75. The number of piperidine rings is 1. The van der Waals surface area contributed by atoms with E-state index in [1.807, 2.05) is 11.6 Å². The number of nitrogens with zero attached hydrogens (tertiary/aromatic N) is 2. The number of carbonyl (C=O) groups is 2. The number of thiazole rings is 1. The van der Waals surface area contributed by atoms with Crippen molar-refractivity contribution in [2.45, 2.75) is 31.2 Å². The van der Waals surface area contributed by atoms with Crippen LogP contribution in [0.2, 0.25) is 0 Å². The maximum absolute atomic E-state index is 11.1. The number of carbonyl (C=O) groups excluding carboxylic acids is 1. The quantitative estimate of drug-likeness (QED) is 0.801. The predicted molar refractivity (Wildman–Crippen MR) is 82.0 cm³/mol. The molecule has 0 radical (unpaired) electrons. The SMILES string of the molecule is O=C(O)C(F)(F)F.O=C1COC2(CCN(Cc3nccs3)CC2)CN1. The van der Waals surface area contributed by atoms with Crippen LogP contribution in [0.4, 0.5) is 13.2 Å². The molecule has 2 aliphatic heterocycles. The van der Waals surface area contributed by atoms with E-state index in [1.54, 1.807) is 11.3 Å². The average Bonchev–Trinajstić information content (AvgIpc) is 3.05. The van der Waals surface area contributed by atoms with Gasteiger partial charge in [-0.1, -0.05) is 0 Å². The molecule has 1 aromatic rings. The van der Waals surface area contributed by atoms with Gasteiger partial charge in [-0.25, -0.2) is 9.78 Å². The molecule has 0 bridgehead atoms. The number of alkyl halides is 3. The monoisotopic (exact) mass is 381 g/mol. The zero-order chi connectivity index (χ0) is 18.5. The van der Waals surface area contributed by atoms with E-state index in [0.717, 1.165) is 32.5 Å². The van der Waals surface area contributed by atoms with Gasteiger partial charge in [-0.2, -0.15) is 13.2 Å². The molecule has 1 amide bonds. The number of aromatic nitrogens is 1. The highest BCUT2D eigenvalue weighted by Gasteiger charge is 2.39. The van der Waals surface area contributed by atoms with Crippen LogP contribution in [-0.4, -0.2) is 64.9 Å². The Kier molecular flexibility index (Phi) is 6.36. The van der Waals surface area contributed by atoms with Crippen LogP contribution in [0.15, 0.2) is 11.6 Å². The van der Waals surface area contributed by atoms with E-state index in [2.05, 4.69) is 15.2 Å². The molecule has 2 aliphatic rings. The maximum atomic E-state index is 11.1. The van der Waals surface area contributed by atoms with Gasteiger partial charge in [-0.3, -0.25) is 9.69 Å². The van der Waals surface area contributed by atoms with Crippen LogP contribution in [0.5, 0.6) is 0 Å². The largest absolute Gasteiger partial charge is 0.490 e. The Bertz CT molecular complexity index is 575. The first-order chi connectivity index (χ1) is 11.7. The number of rotatable bonds is 2. The molecule has 0 unspecified atom stereocenters. The first-order valence-corrected chi connectivity index (χ1v) is 8.40. The lowest BCUT2D eigenvalue weighted by Gasteiger charge is -2.43. The molecule has 0 aromatic carbocycles. The molecule has 2 saturated heterocycles. The molecule has 0 aliphatic carbocycles. The van der Waals surface area contributed by atoms with Crippen molar-refractivity contribution in [1.29, 1.82) is 0 Å². The molecule has 3 rings (SSSR count). The number of aliphatic carboxylic acids is 1. The second-order valence-corrected chi connectivity index (χ2v) is 6.73. The first kappa shape index (κ1) is 19.6. The second kappa shape index (κ2) is 8.11.